The zero-order chi connectivity index (χ0) is 7.40. The molecule has 1 rings (SSSR count). The molecule has 0 saturated carbocycles. The number of aromatic nitrogens is 2. The summed E-state index contributed by atoms with van der Waals surface area (Å²) in [5.41, 5.74) is 5.10. The number of nitrogens with two attached hydrogens (primary N) is 1. The van der Waals surface area contributed by atoms with E-state index in [1.165, 1.54) is 0 Å². The van der Waals surface area contributed by atoms with Gasteiger partial charge in [-0.25, -0.2) is 4.98 Å². The van der Waals surface area contributed by atoms with Crippen molar-refractivity contribution in [1.29, 1.82) is 0 Å². The summed E-state index contributed by atoms with van der Waals surface area (Å²) in [5.74, 6) is 0.672. The molecule has 0 amide bonds. The Morgan fingerprint density at radius 2 is 2.60 bits per heavy atom. The van der Waals surface area contributed by atoms with E-state index < -0.39 is 0 Å². The highest BCUT2D eigenvalue weighted by atomic mass is 16.1. The van der Waals surface area contributed by atoms with E-state index in [0.29, 0.717) is 12.2 Å². The highest BCUT2D eigenvalue weighted by Crippen LogP contribution is 1.89. The Kier molecular flexibility index (Phi) is 2.17. The van der Waals surface area contributed by atoms with E-state index in [2.05, 4.69) is 9.97 Å². The number of hydrogen-bond donors (Lipinski definition) is 2. The van der Waals surface area contributed by atoms with E-state index in [0.717, 1.165) is 0 Å². The minimum absolute atomic E-state index is 0.00468. The second kappa shape index (κ2) is 3.12. The lowest BCUT2D eigenvalue weighted by Gasteiger charge is -1.90. The average molecular weight is 139 g/mol. The highest BCUT2D eigenvalue weighted by molar-refractivity contribution is 5.81. The van der Waals surface area contributed by atoms with E-state index >= 15 is 0 Å². The Balaban J connectivity index is 2.48. The minimum atomic E-state index is -0.00468. The predicted octanol–water partition coefficient (Wildman–Crippen LogP) is -0.520. The molecule has 10 heavy (non-hydrogen) atoms. The smallest absolute Gasteiger partial charge is 0.153 e. The van der Waals surface area contributed by atoms with Crippen LogP contribution in [0, 0.1) is 0 Å². The van der Waals surface area contributed by atoms with Gasteiger partial charge in [0.15, 0.2) is 5.78 Å². The molecule has 1 aromatic heterocycles. The first-order chi connectivity index (χ1) is 4.83. The summed E-state index contributed by atoms with van der Waals surface area (Å²) in [6.45, 7) is 0.0840. The number of H-pyrrole nitrogens is 1. The van der Waals surface area contributed by atoms with Gasteiger partial charge in [-0.1, -0.05) is 0 Å². The molecule has 0 spiro atoms. The molecule has 4 heteroatoms. The Labute approximate surface area is 58.5 Å². The van der Waals surface area contributed by atoms with Crippen LogP contribution >= 0.6 is 0 Å². The van der Waals surface area contributed by atoms with Crippen LogP contribution in [0.3, 0.4) is 0 Å². The van der Waals surface area contributed by atoms with E-state index in [-0.39, 0.29) is 12.3 Å². The van der Waals surface area contributed by atoms with E-state index in [1.54, 1.807) is 12.4 Å². The first-order valence-electron chi connectivity index (χ1n) is 3.03. The molecule has 0 aliphatic heterocycles. The van der Waals surface area contributed by atoms with Crippen molar-refractivity contribution in [3.8, 4) is 0 Å². The third-order valence-corrected chi connectivity index (χ3v) is 1.15. The molecule has 0 radical (unpaired) electrons. The zero-order valence-corrected chi connectivity index (χ0v) is 5.50. The van der Waals surface area contributed by atoms with Crippen LogP contribution < -0.4 is 5.73 Å². The molecule has 0 atom stereocenters. The lowest BCUT2D eigenvalue weighted by Crippen LogP contribution is -2.16. The number of hydrogen-bond acceptors (Lipinski definition) is 3. The van der Waals surface area contributed by atoms with Crippen molar-refractivity contribution in [2.45, 2.75) is 6.42 Å². The van der Waals surface area contributed by atoms with Gasteiger partial charge in [-0.15, -0.1) is 0 Å². The van der Waals surface area contributed by atoms with E-state index in [1.807, 2.05) is 0 Å². The molecule has 0 bridgehead atoms. The molecule has 0 aliphatic carbocycles. The molecule has 4 nitrogen and oxygen atoms in total. The van der Waals surface area contributed by atoms with Crippen molar-refractivity contribution < 1.29 is 4.79 Å². The van der Waals surface area contributed by atoms with Crippen molar-refractivity contribution in [2.24, 2.45) is 5.73 Å². The van der Waals surface area contributed by atoms with Gasteiger partial charge in [0.1, 0.15) is 5.82 Å². The summed E-state index contributed by atoms with van der Waals surface area (Å²) in [7, 11) is 0. The van der Waals surface area contributed by atoms with Crippen molar-refractivity contribution >= 4 is 5.78 Å². The van der Waals surface area contributed by atoms with Gasteiger partial charge in [-0.3, -0.25) is 4.79 Å². The number of carbonyl (C=O) groups is 1. The number of nitrogens with one attached hydrogen (secondary N) is 1. The molecule has 54 valence electrons. The second-order valence-electron chi connectivity index (χ2n) is 1.96. The first-order valence-corrected chi connectivity index (χ1v) is 3.03. The largest absolute Gasteiger partial charge is 0.348 e. The van der Waals surface area contributed by atoms with Crippen molar-refractivity contribution in [3.05, 3.63) is 18.2 Å². The van der Waals surface area contributed by atoms with Crippen LogP contribution in [-0.2, 0) is 11.2 Å². The molecule has 0 unspecified atom stereocenters. The number of carbonyl (C=O) groups excluding carboxylic acids is 1. The molecule has 1 heterocycles. The fraction of sp³-hybridized carbons (Fsp3) is 0.333. The van der Waals surface area contributed by atoms with Gasteiger partial charge < -0.3 is 10.7 Å². The lowest BCUT2D eigenvalue weighted by atomic mass is 10.3. The maximum absolute atomic E-state index is 10.7. The summed E-state index contributed by atoms with van der Waals surface area (Å²) in [5, 5.41) is 0. The van der Waals surface area contributed by atoms with Gasteiger partial charge in [0.05, 0.1) is 13.0 Å². The Morgan fingerprint density at radius 1 is 1.80 bits per heavy atom. The van der Waals surface area contributed by atoms with Gasteiger partial charge in [-0.05, 0) is 0 Å². The number of rotatable bonds is 3. The second-order valence-corrected chi connectivity index (χ2v) is 1.96. The van der Waals surface area contributed by atoms with Crippen molar-refractivity contribution in [1.82, 2.24) is 9.97 Å². The molecule has 1 aromatic rings. The monoisotopic (exact) mass is 139 g/mol. The van der Waals surface area contributed by atoms with Gasteiger partial charge in [0.2, 0.25) is 0 Å². The minimum Gasteiger partial charge on any atom is -0.348 e. The number of nitrogens with zero attached hydrogens (tertiary/aromatic N) is 1. The third-order valence-electron chi connectivity index (χ3n) is 1.15. The highest BCUT2D eigenvalue weighted by Gasteiger charge is 2.00. The summed E-state index contributed by atoms with van der Waals surface area (Å²) in [4.78, 5) is 17.4. The zero-order valence-electron chi connectivity index (χ0n) is 5.50. The van der Waals surface area contributed by atoms with Crippen molar-refractivity contribution in [3.63, 3.8) is 0 Å². The van der Waals surface area contributed by atoms with E-state index in [9.17, 15) is 4.79 Å². The molecule has 0 fully saturated rings. The van der Waals surface area contributed by atoms with Crippen LogP contribution in [0.25, 0.3) is 0 Å². The predicted molar refractivity (Wildman–Crippen MR) is 36.4 cm³/mol. The van der Waals surface area contributed by atoms with Crippen LogP contribution in [0.15, 0.2) is 12.4 Å². The van der Waals surface area contributed by atoms with E-state index in [4.69, 9.17) is 5.73 Å². The summed E-state index contributed by atoms with van der Waals surface area (Å²) >= 11 is 0. The Bertz CT molecular complexity index is 205. The maximum Gasteiger partial charge on any atom is 0.153 e. The average Bonchev–Trinajstić information content (AvgIpc) is 2.40. The number of aromatic amines is 1. The van der Waals surface area contributed by atoms with Gasteiger partial charge in [0.25, 0.3) is 0 Å². The standard InChI is InChI=1S/C6H9N3O/c7-4-5(10)3-6-8-1-2-9-6/h1-2H,3-4,7H2,(H,8,9). The van der Waals surface area contributed by atoms with Crippen molar-refractivity contribution in [2.75, 3.05) is 6.54 Å². The van der Waals surface area contributed by atoms with Gasteiger partial charge in [0, 0.05) is 12.4 Å². The van der Waals surface area contributed by atoms with Gasteiger partial charge >= 0.3 is 0 Å². The summed E-state index contributed by atoms with van der Waals surface area (Å²) in [6.07, 6.45) is 3.60. The fourth-order valence-electron chi connectivity index (χ4n) is 0.654. The van der Waals surface area contributed by atoms with Crippen LogP contribution in [0.5, 0.6) is 0 Å². The molecular formula is C6H9N3O. The molecular weight excluding hydrogens is 130 g/mol. The quantitative estimate of drug-likeness (QED) is 0.591. The molecule has 0 aliphatic rings. The topological polar surface area (TPSA) is 71.8 Å². The molecule has 0 aromatic carbocycles. The maximum atomic E-state index is 10.7. The normalized spacial score (nSPS) is 9.70. The van der Waals surface area contributed by atoms with Crippen LogP contribution in [-0.4, -0.2) is 22.3 Å². The summed E-state index contributed by atoms with van der Waals surface area (Å²) in [6, 6.07) is 0. The lowest BCUT2D eigenvalue weighted by molar-refractivity contribution is -0.117. The van der Waals surface area contributed by atoms with Crippen LogP contribution in [0.4, 0.5) is 0 Å². The Hall–Kier alpha value is -1.16. The number of Topliss-reactive ketones (excluding diaryl/α,β-unsaturated/α-hetero) is 1. The SMILES string of the molecule is NCC(=O)Cc1ncc[nH]1. The number of ketones is 1. The van der Waals surface area contributed by atoms with Crippen LogP contribution in [0.2, 0.25) is 0 Å². The molecule has 0 saturated heterocycles. The molecule has 3 N–H and O–H groups in total. The van der Waals surface area contributed by atoms with Gasteiger partial charge in [-0.2, -0.15) is 0 Å². The summed E-state index contributed by atoms with van der Waals surface area (Å²) < 4.78 is 0. The third kappa shape index (κ3) is 1.66. The first kappa shape index (κ1) is 6.95. The number of imidazole rings is 1. The fourth-order valence-corrected chi connectivity index (χ4v) is 0.654. The Morgan fingerprint density at radius 3 is 3.10 bits per heavy atom. The van der Waals surface area contributed by atoms with Crippen LogP contribution in [0.1, 0.15) is 5.82 Å².